The third-order valence-corrected chi connectivity index (χ3v) is 4.40. The van der Waals surface area contributed by atoms with Crippen LogP contribution in [0, 0.1) is 11.3 Å². The van der Waals surface area contributed by atoms with Crippen molar-refractivity contribution in [1.29, 1.82) is 0 Å². The zero-order chi connectivity index (χ0) is 11.4. The number of hydrogen-bond acceptors (Lipinski definition) is 3. The van der Waals surface area contributed by atoms with Crippen LogP contribution in [0.1, 0.15) is 32.1 Å². The lowest BCUT2D eigenvalue weighted by Gasteiger charge is -2.29. The Morgan fingerprint density at radius 3 is 2.94 bits per heavy atom. The lowest BCUT2D eigenvalue weighted by atomic mass is 9.82. The fourth-order valence-corrected chi connectivity index (χ4v) is 3.27. The smallest absolute Gasteiger partial charge is 0.0587 e. The van der Waals surface area contributed by atoms with Crippen molar-refractivity contribution in [3.8, 4) is 0 Å². The number of ether oxygens (including phenoxy) is 2. The van der Waals surface area contributed by atoms with Crippen LogP contribution in [0.3, 0.4) is 0 Å². The third kappa shape index (κ3) is 2.76. The van der Waals surface area contributed by atoms with Gasteiger partial charge in [-0.1, -0.05) is 6.42 Å². The van der Waals surface area contributed by atoms with Crippen molar-refractivity contribution < 1.29 is 9.47 Å². The fourth-order valence-electron chi connectivity index (χ4n) is 3.27. The zero-order valence-electron chi connectivity index (χ0n) is 10.6. The van der Waals surface area contributed by atoms with Gasteiger partial charge in [0.15, 0.2) is 0 Å². The van der Waals surface area contributed by atoms with Crippen molar-refractivity contribution in [2.24, 2.45) is 11.3 Å². The van der Waals surface area contributed by atoms with Crippen LogP contribution in [0.2, 0.25) is 0 Å². The van der Waals surface area contributed by atoms with E-state index in [4.69, 9.17) is 9.47 Å². The molecule has 0 aromatic rings. The molecule has 2 saturated carbocycles. The maximum Gasteiger partial charge on any atom is 0.0587 e. The lowest BCUT2D eigenvalue weighted by Crippen LogP contribution is -2.28. The summed E-state index contributed by atoms with van der Waals surface area (Å²) in [6.45, 7) is 2.97. The van der Waals surface area contributed by atoms with Gasteiger partial charge in [-0.15, -0.1) is 0 Å². The van der Waals surface area contributed by atoms with E-state index >= 15 is 0 Å². The molecule has 1 spiro atoms. The molecule has 2 rings (SSSR count). The van der Waals surface area contributed by atoms with Crippen LogP contribution >= 0.6 is 0 Å². The quantitative estimate of drug-likeness (QED) is 0.702. The Morgan fingerprint density at radius 2 is 2.19 bits per heavy atom. The number of methoxy groups -OCH3 is 2. The van der Waals surface area contributed by atoms with Crippen molar-refractivity contribution >= 4 is 0 Å². The highest BCUT2D eigenvalue weighted by molar-refractivity contribution is 5.05. The van der Waals surface area contributed by atoms with E-state index in [1.165, 1.54) is 38.6 Å². The second kappa shape index (κ2) is 5.48. The molecule has 16 heavy (non-hydrogen) atoms. The standard InChI is InChI=1S/C13H25NO2/c1-15-7-6-14-10-11-8-13(11)5-3-4-12(9-13)16-2/h11-12,14H,3-10H2,1-2H3. The maximum absolute atomic E-state index is 5.52. The molecular formula is C13H25NO2. The molecule has 0 radical (unpaired) electrons. The van der Waals surface area contributed by atoms with Crippen LogP contribution in [0.25, 0.3) is 0 Å². The Kier molecular flexibility index (Phi) is 4.22. The molecule has 2 fully saturated rings. The molecule has 94 valence electrons. The molecule has 3 unspecified atom stereocenters. The van der Waals surface area contributed by atoms with Crippen LogP contribution in [-0.2, 0) is 9.47 Å². The number of hydrogen-bond donors (Lipinski definition) is 1. The van der Waals surface area contributed by atoms with Crippen LogP contribution < -0.4 is 5.32 Å². The normalized spacial score (nSPS) is 37.9. The molecule has 0 aliphatic heterocycles. The summed E-state index contributed by atoms with van der Waals surface area (Å²) in [7, 11) is 3.61. The Balaban J connectivity index is 1.67. The van der Waals surface area contributed by atoms with Crippen molar-refractivity contribution in [1.82, 2.24) is 5.32 Å². The molecule has 3 atom stereocenters. The zero-order valence-corrected chi connectivity index (χ0v) is 10.6. The van der Waals surface area contributed by atoms with Crippen molar-refractivity contribution in [3.05, 3.63) is 0 Å². The second-order valence-electron chi connectivity index (χ2n) is 5.41. The fraction of sp³-hybridized carbons (Fsp3) is 1.00. The minimum atomic E-state index is 0.526. The van der Waals surface area contributed by atoms with E-state index in [1.54, 1.807) is 7.11 Å². The number of nitrogens with one attached hydrogen (secondary N) is 1. The van der Waals surface area contributed by atoms with Gasteiger partial charge in [0.05, 0.1) is 12.7 Å². The van der Waals surface area contributed by atoms with E-state index in [0.717, 1.165) is 19.1 Å². The van der Waals surface area contributed by atoms with Gasteiger partial charge in [-0.3, -0.25) is 0 Å². The Bertz CT molecular complexity index is 222. The Morgan fingerprint density at radius 1 is 1.31 bits per heavy atom. The lowest BCUT2D eigenvalue weighted by molar-refractivity contribution is 0.0404. The first-order chi connectivity index (χ1) is 7.80. The largest absolute Gasteiger partial charge is 0.383 e. The summed E-state index contributed by atoms with van der Waals surface area (Å²) >= 11 is 0. The van der Waals surface area contributed by atoms with E-state index in [-0.39, 0.29) is 0 Å². The molecule has 2 aliphatic carbocycles. The van der Waals surface area contributed by atoms with Crippen LogP contribution in [0.15, 0.2) is 0 Å². The van der Waals surface area contributed by atoms with Gasteiger partial charge < -0.3 is 14.8 Å². The van der Waals surface area contributed by atoms with Crippen molar-refractivity contribution in [2.75, 3.05) is 33.9 Å². The third-order valence-electron chi connectivity index (χ3n) is 4.40. The minimum absolute atomic E-state index is 0.526. The highest BCUT2D eigenvalue weighted by atomic mass is 16.5. The average Bonchev–Trinajstić information content (AvgIpc) is 2.97. The molecule has 2 aliphatic rings. The highest BCUT2D eigenvalue weighted by Gasteiger charge is 2.54. The Labute approximate surface area is 98.9 Å². The molecule has 0 aromatic carbocycles. The molecule has 3 nitrogen and oxygen atoms in total. The SMILES string of the molecule is COCCNCC1CC12CCCC(OC)C2. The molecule has 1 N–H and O–H groups in total. The summed E-state index contributed by atoms with van der Waals surface area (Å²) in [6, 6.07) is 0. The van der Waals surface area contributed by atoms with Crippen LogP contribution in [0.4, 0.5) is 0 Å². The van der Waals surface area contributed by atoms with Gasteiger partial charge in [-0.25, -0.2) is 0 Å². The molecular weight excluding hydrogens is 202 g/mol. The maximum atomic E-state index is 5.52. The van der Waals surface area contributed by atoms with Gasteiger partial charge in [0.2, 0.25) is 0 Å². The van der Waals surface area contributed by atoms with Crippen LogP contribution in [0.5, 0.6) is 0 Å². The highest BCUT2D eigenvalue weighted by Crippen LogP contribution is 2.61. The summed E-state index contributed by atoms with van der Waals surface area (Å²) in [5.74, 6) is 0.891. The van der Waals surface area contributed by atoms with E-state index in [0.29, 0.717) is 11.5 Å². The van der Waals surface area contributed by atoms with Crippen molar-refractivity contribution in [2.45, 2.75) is 38.2 Å². The number of rotatable bonds is 6. The minimum Gasteiger partial charge on any atom is -0.383 e. The van der Waals surface area contributed by atoms with Crippen LogP contribution in [-0.4, -0.2) is 40.0 Å². The van der Waals surface area contributed by atoms with Crippen molar-refractivity contribution in [3.63, 3.8) is 0 Å². The second-order valence-corrected chi connectivity index (χ2v) is 5.41. The van der Waals surface area contributed by atoms with E-state index in [2.05, 4.69) is 5.32 Å². The Hall–Kier alpha value is -0.120. The molecule has 3 heteroatoms. The van der Waals surface area contributed by atoms with Gasteiger partial charge in [-0.05, 0) is 43.6 Å². The van der Waals surface area contributed by atoms with Gasteiger partial charge in [-0.2, -0.15) is 0 Å². The van der Waals surface area contributed by atoms with Gasteiger partial charge in [0.25, 0.3) is 0 Å². The first-order valence-electron chi connectivity index (χ1n) is 6.53. The predicted molar refractivity (Wildman–Crippen MR) is 64.6 cm³/mol. The monoisotopic (exact) mass is 227 g/mol. The predicted octanol–water partition coefficient (Wildman–Crippen LogP) is 1.82. The van der Waals surface area contributed by atoms with E-state index in [9.17, 15) is 0 Å². The molecule has 0 aromatic heterocycles. The summed E-state index contributed by atoms with van der Waals surface area (Å²) in [5, 5.41) is 3.49. The molecule has 0 bridgehead atoms. The average molecular weight is 227 g/mol. The first-order valence-corrected chi connectivity index (χ1v) is 6.53. The summed E-state index contributed by atoms with van der Waals surface area (Å²) in [4.78, 5) is 0. The summed E-state index contributed by atoms with van der Waals surface area (Å²) < 4.78 is 10.6. The first kappa shape index (κ1) is 12.3. The van der Waals surface area contributed by atoms with E-state index in [1.807, 2.05) is 7.11 Å². The topological polar surface area (TPSA) is 30.5 Å². The summed E-state index contributed by atoms with van der Waals surface area (Å²) in [6.07, 6.45) is 7.27. The summed E-state index contributed by atoms with van der Waals surface area (Å²) in [5.41, 5.74) is 0.638. The van der Waals surface area contributed by atoms with E-state index < -0.39 is 0 Å². The van der Waals surface area contributed by atoms with Gasteiger partial charge in [0.1, 0.15) is 0 Å². The van der Waals surface area contributed by atoms with Gasteiger partial charge >= 0.3 is 0 Å². The molecule has 0 amide bonds. The van der Waals surface area contributed by atoms with Gasteiger partial charge in [0, 0.05) is 20.8 Å². The molecule has 0 saturated heterocycles. The molecule has 0 heterocycles.